The van der Waals surface area contributed by atoms with E-state index in [2.05, 4.69) is 10.4 Å². The maximum Gasteiger partial charge on any atom is 0.433 e. The van der Waals surface area contributed by atoms with Gasteiger partial charge in [-0.3, -0.25) is 14.8 Å². The molecule has 0 radical (unpaired) electrons. The van der Waals surface area contributed by atoms with Gasteiger partial charge in [0, 0.05) is 18.8 Å². The zero-order valence-electron chi connectivity index (χ0n) is 9.29. The van der Waals surface area contributed by atoms with Crippen LogP contribution in [0.3, 0.4) is 0 Å². The van der Waals surface area contributed by atoms with Crippen molar-refractivity contribution < 1.29 is 9.34 Å². The Morgan fingerprint density at radius 1 is 1.53 bits per heavy atom. The van der Waals surface area contributed by atoms with Gasteiger partial charge in [0.05, 0.1) is 12.6 Å². The highest BCUT2D eigenvalue weighted by atomic mass is 16.6. The molecule has 0 aromatic carbocycles. The van der Waals surface area contributed by atoms with Crippen molar-refractivity contribution in [2.75, 3.05) is 5.32 Å². The van der Waals surface area contributed by atoms with Crippen molar-refractivity contribution in [1.82, 2.24) is 9.78 Å². The zero-order valence-corrected chi connectivity index (χ0v) is 9.29. The van der Waals surface area contributed by atoms with Crippen LogP contribution < -0.4 is 5.32 Å². The number of nitrogens with one attached hydrogen (secondary N) is 1. The standard InChI is InChI=1S/C10H12N4O3/c1-2-13-6-5-9(12-13)11-7-8-3-4-10(17-8)14(15)16/h3-6H,2,7H2,1H3,(H,11,12). The number of nitrogens with zero attached hydrogens (tertiary/aromatic N) is 3. The molecular weight excluding hydrogens is 224 g/mol. The van der Waals surface area contributed by atoms with Crippen LogP contribution in [0.4, 0.5) is 11.7 Å². The van der Waals surface area contributed by atoms with Crippen molar-refractivity contribution in [3.63, 3.8) is 0 Å². The highest BCUT2D eigenvalue weighted by Crippen LogP contribution is 2.16. The fourth-order valence-electron chi connectivity index (χ4n) is 1.37. The molecule has 0 unspecified atom stereocenters. The summed E-state index contributed by atoms with van der Waals surface area (Å²) >= 11 is 0. The van der Waals surface area contributed by atoms with Crippen LogP contribution in [0.2, 0.25) is 0 Å². The molecule has 0 aliphatic carbocycles. The largest absolute Gasteiger partial charge is 0.433 e. The lowest BCUT2D eigenvalue weighted by Gasteiger charge is -1.99. The van der Waals surface area contributed by atoms with E-state index in [0.717, 1.165) is 6.54 Å². The third-order valence-electron chi connectivity index (χ3n) is 2.24. The van der Waals surface area contributed by atoms with Crippen LogP contribution in [0.15, 0.2) is 28.8 Å². The molecule has 17 heavy (non-hydrogen) atoms. The molecule has 0 saturated carbocycles. The molecule has 90 valence electrons. The molecule has 0 atom stereocenters. The lowest BCUT2D eigenvalue weighted by Crippen LogP contribution is -2.01. The smallest absolute Gasteiger partial charge is 0.404 e. The van der Waals surface area contributed by atoms with Gasteiger partial charge in [-0.2, -0.15) is 5.10 Å². The predicted molar refractivity (Wildman–Crippen MR) is 60.6 cm³/mol. The minimum absolute atomic E-state index is 0.249. The van der Waals surface area contributed by atoms with Gasteiger partial charge in [0.2, 0.25) is 0 Å². The minimum atomic E-state index is -0.560. The summed E-state index contributed by atoms with van der Waals surface area (Å²) in [6.07, 6.45) is 1.85. The van der Waals surface area contributed by atoms with Crippen molar-refractivity contribution >= 4 is 11.7 Å². The van der Waals surface area contributed by atoms with Crippen molar-refractivity contribution in [1.29, 1.82) is 0 Å². The number of hydrogen-bond donors (Lipinski definition) is 1. The predicted octanol–water partition coefficient (Wildman–Crippen LogP) is 2.02. The van der Waals surface area contributed by atoms with Gasteiger partial charge in [0.1, 0.15) is 16.5 Å². The molecule has 0 spiro atoms. The van der Waals surface area contributed by atoms with Gasteiger partial charge in [-0.1, -0.05) is 0 Å². The first kappa shape index (κ1) is 11.2. The number of nitro groups is 1. The molecule has 0 aliphatic heterocycles. The fraction of sp³-hybridized carbons (Fsp3) is 0.300. The van der Waals surface area contributed by atoms with Crippen molar-refractivity contribution in [2.24, 2.45) is 0 Å². The Balaban J connectivity index is 1.94. The van der Waals surface area contributed by atoms with Gasteiger partial charge in [-0.05, 0) is 13.0 Å². The highest BCUT2D eigenvalue weighted by Gasteiger charge is 2.11. The van der Waals surface area contributed by atoms with E-state index >= 15 is 0 Å². The molecule has 0 amide bonds. The lowest BCUT2D eigenvalue weighted by atomic mass is 10.4. The second-order valence-corrected chi connectivity index (χ2v) is 3.41. The van der Waals surface area contributed by atoms with Gasteiger partial charge >= 0.3 is 5.88 Å². The minimum Gasteiger partial charge on any atom is -0.404 e. The first-order chi connectivity index (χ1) is 8.19. The van der Waals surface area contributed by atoms with Crippen LogP contribution >= 0.6 is 0 Å². The number of anilines is 1. The molecule has 2 aromatic rings. The number of furan rings is 1. The molecule has 0 saturated heterocycles. The summed E-state index contributed by atoms with van der Waals surface area (Å²) < 4.78 is 6.79. The second kappa shape index (κ2) is 4.69. The molecule has 0 bridgehead atoms. The van der Waals surface area contributed by atoms with Gasteiger partial charge in [-0.15, -0.1) is 0 Å². The normalized spacial score (nSPS) is 10.4. The molecular formula is C10H12N4O3. The summed E-state index contributed by atoms with van der Waals surface area (Å²) in [5.41, 5.74) is 0. The quantitative estimate of drug-likeness (QED) is 0.634. The number of aryl methyl sites for hydroxylation is 1. The monoisotopic (exact) mass is 236 g/mol. The maximum atomic E-state index is 10.4. The topological polar surface area (TPSA) is 86.1 Å². The second-order valence-electron chi connectivity index (χ2n) is 3.41. The average molecular weight is 236 g/mol. The van der Waals surface area contributed by atoms with E-state index in [1.54, 1.807) is 10.7 Å². The van der Waals surface area contributed by atoms with E-state index in [1.807, 2.05) is 19.2 Å². The Kier molecular flexibility index (Phi) is 3.08. The number of rotatable bonds is 5. The summed E-state index contributed by atoms with van der Waals surface area (Å²) in [6, 6.07) is 4.74. The molecule has 2 heterocycles. The van der Waals surface area contributed by atoms with Crippen molar-refractivity contribution in [3.05, 3.63) is 40.3 Å². The summed E-state index contributed by atoms with van der Waals surface area (Å²) in [6.45, 7) is 3.16. The Labute approximate surface area is 97.2 Å². The first-order valence-electron chi connectivity index (χ1n) is 5.19. The van der Waals surface area contributed by atoms with Crippen LogP contribution in [0, 0.1) is 10.1 Å². The maximum absolute atomic E-state index is 10.4. The Morgan fingerprint density at radius 3 is 2.94 bits per heavy atom. The van der Waals surface area contributed by atoms with Gasteiger partial charge in [0.25, 0.3) is 0 Å². The van der Waals surface area contributed by atoms with Gasteiger partial charge in [0.15, 0.2) is 0 Å². The summed E-state index contributed by atoms with van der Waals surface area (Å²) in [5, 5.41) is 17.6. The third kappa shape index (κ3) is 2.63. The first-order valence-corrected chi connectivity index (χ1v) is 5.19. The highest BCUT2D eigenvalue weighted by molar-refractivity contribution is 5.33. The molecule has 2 rings (SSSR count). The van der Waals surface area contributed by atoms with Crippen molar-refractivity contribution in [3.8, 4) is 0 Å². The Hall–Kier alpha value is -2.31. The number of aromatic nitrogens is 2. The summed E-state index contributed by atoms with van der Waals surface area (Å²) in [5.74, 6) is 0.967. The Morgan fingerprint density at radius 2 is 2.35 bits per heavy atom. The molecule has 7 heteroatoms. The van der Waals surface area contributed by atoms with E-state index < -0.39 is 4.92 Å². The van der Waals surface area contributed by atoms with Crippen LogP contribution in [-0.4, -0.2) is 14.7 Å². The molecule has 0 fully saturated rings. The van der Waals surface area contributed by atoms with E-state index in [0.29, 0.717) is 18.1 Å². The van der Waals surface area contributed by atoms with Crippen molar-refractivity contribution in [2.45, 2.75) is 20.0 Å². The van der Waals surface area contributed by atoms with Crippen LogP contribution in [0.1, 0.15) is 12.7 Å². The van der Waals surface area contributed by atoms with Gasteiger partial charge in [-0.25, -0.2) is 0 Å². The zero-order chi connectivity index (χ0) is 12.3. The number of hydrogen-bond acceptors (Lipinski definition) is 5. The fourth-order valence-corrected chi connectivity index (χ4v) is 1.37. The lowest BCUT2D eigenvalue weighted by molar-refractivity contribution is -0.402. The summed E-state index contributed by atoms with van der Waals surface area (Å²) in [7, 11) is 0. The Bertz CT molecular complexity index is 517. The third-order valence-corrected chi connectivity index (χ3v) is 2.24. The van der Waals surface area contributed by atoms with Crippen LogP contribution in [0.25, 0.3) is 0 Å². The van der Waals surface area contributed by atoms with Crippen LogP contribution in [-0.2, 0) is 13.1 Å². The van der Waals surface area contributed by atoms with Crippen LogP contribution in [0.5, 0.6) is 0 Å². The van der Waals surface area contributed by atoms with E-state index in [9.17, 15) is 10.1 Å². The van der Waals surface area contributed by atoms with E-state index in [-0.39, 0.29) is 5.88 Å². The van der Waals surface area contributed by atoms with E-state index in [4.69, 9.17) is 4.42 Å². The van der Waals surface area contributed by atoms with Gasteiger partial charge < -0.3 is 9.73 Å². The molecule has 1 N–H and O–H groups in total. The summed E-state index contributed by atoms with van der Waals surface area (Å²) in [4.78, 5) is 9.85. The van der Waals surface area contributed by atoms with E-state index in [1.165, 1.54) is 6.07 Å². The average Bonchev–Trinajstić information content (AvgIpc) is 2.95. The molecule has 2 aromatic heterocycles. The SMILES string of the molecule is CCn1ccc(NCc2ccc([N+](=O)[O-])o2)n1. The molecule has 0 aliphatic rings. The molecule has 7 nitrogen and oxygen atoms in total.